The number of amides is 2. The average Bonchev–Trinajstić information content (AvgIpc) is 2.53. The standard InChI is InChI=1S/C15H17NO2/c17-10-16-14-8-4-2-6-12(14)9-11-5-1-3-7-13(11)15(16)18/h1,3,5,7,10,12,14H,2,4,6,8-9H2/t12-,14-/m1/s1. The molecule has 1 aliphatic carbocycles. The molecule has 0 bridgehead atoms. The van der Waals surface area contributed by atoms with Gasteiger partial charge in [-0.05, 0) is 36.8 Å². The molecule has 0 unspecified atom stereocenters. The Morgan fingerprint density at radius 2 is 1.94 bits per heavy atom. The molecule has 1 saturated carbocycles. The summed E-state index contributed by atoms with van der Waals surface area (Å²) >= 11 is 0. The van der Waals surface area contributed by atoms with E-state index in [2.05, 4.69) is 0 Å². The summed E-state index contributed by atoms with van der Waals surface area (Å²) in [4.78, 5) is 25.2. The van der Waals surface area contributed by atoms with Gasteiger partial charge in [0.05, 0.1) is 0 Å². The summed E-state index contributed by atoms with van der Waals surface area (Å²) in [6.45, 7) is 0. The fourth-order valence-corrected chi connectivity index (χ4v) is 3.40. The Balaban J connectivity index is 2.06. The van der Waals surface area contributed by atoms with Crippen molar-refractivity contribution in [1.82, 2.24) is 4.90 Å². The second kappa shape index (κ2) is 4.56. The number of benzene rings is 1. The molecule has 1 heterocycles. The van der Waals surface area contributed by atoms with E-state index in [9.17, 15) is 9.59 Å². The maximum absolute atomic E-state index is 12.4. The van der Waals surface area contributed by atoms with Crippen LogP contribution in [0.25, 0.3) is 0 Å². The fourth-order valence-electron chi connectivity index (χ4n) is 3.40. The number of hydrogen-bond donors (Lipinski definition) is 0. The lowest BCUT2D eigenvalue weighted by molar-refractivity contribution is -0.118. The molecule has 0 N–H and O–H groups in total. The number of carbonyl (C=O) groups excluding carboxylic acids is 2. The van der Waals surface area contributed by atoms with Gasteiger partial charge in [0.15, 0.2) is 0 Å². The number of imide groups is 1. The Morgan fingerprint density at radius 3 is 2.78 bits per heavy atom. The van der Waals surface area contributed by atoms with Gasteiger partial charge in [0, 0.05) is 11.6 Å². The SMILES string of the molecule is O=CN1C(=O)c2ccccc2C[C@H]2CCCC[C@H]21. The van der Waals surface area contributed by atoms with Crippen LogP contribution in [0, 0.1) is 5.92 Å². The van der Waals surface area contributed by atoms with Crippen LogP contribution >= 0.6 is 0 Å². The highest BCUT2D eigenvalue weighted by Crippen LogP contribution is 2.34. The van der Waals surface area contributed by atoms with Gasteiger partial charge in [0.25, 0.3) is 5.91 Å². The molecule has 0 aromatic heterocycles. The monoisotopic (exact) mass is 243 g/mol. The summed E-state index contributed by atoms with van der Waals surface area (Å²) in [6, 6.07) is 7.81. The van der Waals surface area contributed by atoms with Crippen molar-refractivity contribution in [2.24, 2.45) is 5.92 Å². The maximum Gasteiger partial charge on any atom is 0.260 e. The van der Waals surface area contributed by atoms with Crippen LogP contribution in [0.4, 0.5) is 0 Å². The van der Waals surface area contributed by atoms with Gasteiger partial charge in [-0.25, -0.2) is 0 Å². The van der Waals surface area contributed by atoms with Crippen molar-refractivity contribution in [3.8, 4) is 0 Å². The number of rotatable bonds is 1. The molecule has 3 heteroatoms. The molecule has 2 atom stereocenters. The smallest absolute Gasteiger partial charge is 0.260 e. The van der Waals surface area contributed by atoms with Gasteiger partial charge in [0.2, 0.25) is 6.41 Å². The second-order valence-electron chi connectivity index (χ2n) is 5.29. The predicted molar refractivity (Wildman–Crippen MR) is 68.1 cm³/mol. The van der Waals surface area contributed by atoms with Gasteiger partial charge in [0.1, 0.15) is 0 Å². The summed E-state index contributed by atoms with van der Waals surface area (Å²) in [5.41, 5.74) is 1.81. The Labute approximate surface area is 107 Å². The van der Waals surface area contributed by atoms with Gasteiger partial charge in [-0.2, -0.15) is 0 Å². The number of carbonyl (C=O) groups is 2. The Bertz CT molecular complexity index is 483. The van der Waals surface area contributed by atoms with Crippen molar-refractivity contribution in [3.05, 3.63) is 35.4 Å². The van der Waals surface area contributed by atoms with E-state index in [1.165, 1.54) is 11.3 Å². The zero-order valence-electron chi connectivity index (χ0n) is 10.3. The van der Waals surface area contributed by atoms with Crippen LogP contribution in [0.15, 0.2) is 24.3 Å². The van der Waals surface area contributed by atoms with E-state index in [4.69, 9.17) is 0 Å². The van der Waals surface area contributed by atoms with E-state index in [-0.39, 0.29) is 11.9 Å². The zero-order chi connectivity index (χ0) is 12.5. The normalized spacial score (nSPS) is 27.1. The minimum absolute atomic E-state index is 0.108. The third-order valence-corrected chi connectivity index (χ3v) is 4.30. The quantitative estimate of drug-likeness (QED) is 0.710. The molecule has 94 valence electrons. The maximum atomic E-state index is 12.4. The van der Waals surface area contributed by atoms with Crippen molar-refractivity contribution in [3.63, 3.8) is 0 Å². The first-order valence-electron chi connectivity index (χ1n) is 6.67. The van der Waals surface area contributed by atoms with Gasteiger partial charge in [-0.15, -0.1) is 0 Å². The molecule has 1 fully saturated rings. The largest absolute Gasteiger partial charge is 0.278 e. The molecule has 1 aromatic carbocycles. The van der Waals surface area contributed by atoms with Crippen LogP contribution in [0.3, 0.4) is 0 Å². The highest BCUT2D eigenvalue weighted by molar-refractivity contribution is 6.01. The van der Waals surface area contributed by atoms with Crippen molar-refractivity contribution in [2.75, 3.05) is 0 Å². The summed E-state index contributed by atoms with van der Waals surface area (Å²) in [5.74, 6) is 0.326. The summed E-state index contributed by atoms with van der Waals surface area (Å²) in [5, 5.41) is 0. The molecular formula is C15H17NO2. The van der Waals surface area contributed by atoms with Gasteiger partial charge >= 0.3 is 0 Å². The first-order valence-corrected chi connectivity index (χ1v) is 6.67. The van der Waals surface area contributed by atoms with Crippen molar-refractivity contribution in [1.29, 1.82) is 0 Å². The Kier molecular flexibility index (Phi) is 2.90. The minimum Gasteiger partial charge on any atom is -0.278 e. The Hall–Kier alpha value is -1.64. The van der Waals surface area contributed by atoms with Crippen LogP contribution in [0.5, 0.6) is 0 Å². The van der Waals surface area contributed by atoms with Gasteiger partial charge in [-0.3, -0.25) is 14.5 Å². The summed E-state index contributed by atoms with van der Waals surface area (Å²) < 4.78 is 0. The minimum atomic E-state index is -0.116. The predicted octanol–water partition coefficient (Wildman–Crippen LogP) is 2.40. The first-order chi connectivity index (χ1) is 8.81. The summed E-state index contributed by atoms with van der Waals surface area (Å²) in [6.07, 6.45) is 6.07. The lowest BCUT2D eigenvalue weighted by Crippen LogP contribution is -2.44. The highest BCUT2D eigenvalue weighted by Gasteiger charge is 2.37. The van der Waals surface area contributed by atoms with Gasteiger partial charge in [-0.1, -0.05) is 31.0 Å². The highest BCUT2D eigenvalue weighted by atomic mass is 16.2. The molecule has 18 heavy (non-hydrogen) atoms. The van der Waals surface area contributed by atoms with E-state index in [0.29, 0.717) is 11.5 Å². The molecule has 2 amide bonds. The van der Waals surface area contributed by atoms with Crippen molar-refractivity contribution in [2.45, 2.75) is 38.1 Å². The van der Waals surface area contributed by atoms with E-state index >= 15 is 0 Å². The zero-order valence-corrected chi connectivity index (χ0v) is 10.3. The van der Waals surface area contributed by atoms with Crippen LogP contribution in [-0.4, -0.2) is 23.3 Å². The molecule has 0 radical (unpaired) electrons. The molecule has 3 nitrogen and oxygen atoms in total. The van der Waals surface area contributed by atoms with E-state index < -0.39 is 0 Å². The summed E-state index contributed by atoms with van der Waals surface area (Å²) in [7, 11) is 0. The van der Waals surface area contributed by atoms with Crippen LogP contribution < -0.4 is 0 Å². The van der Waals surface area contributed by atoms with E-state index in [0.717, 1.165) is 37.7 Å². The third-order valence-electron chi connectivity index (χ3n) is 4.30. The average molecular weight is 243 g/mol. The van der Waals surface area contributed by atoms with Crippen molar-refractivity contribution < 1.29 is 9.59 Å². The molecule has 0 spiro atoms. The lowest BCUT2D eigenvalue weighted by atomic mass is 9.81. The van der Waals surface area contributed by atoms with Crippen LogP contribution in [0.2, 0.25) is 0 Å². The lowest BCUT2D eigenvalue weighted by Gasteiger charge is -2.34. The topological polar surface area (TPSA) is 37.4 Å². The first kappa shape index (κ1) is 11.5. The molecular weight excluding hydrogens is 226 g/mol. The molecule has 1 aliphatic heterocycles. The third kappa shape index (κ3) is 1.74. The van der Waals surface area contributed by atoms with E-state index in [1.54, 1.807) is 0 Å². The fraction of sp³-hybridized carbons (Fsp3) is 0.467. The molecule has 0 saturated heterocycles. The van der Waals surface area contributed by atoms with E-state index in [1.807, 2.05) is 24.3 Å². The van der Waals surface area contributed by atoms with Crippen LogP contribution in [-0.2, 0) is 11.2 Å². The van der Waals surface area contributed by atoms with Crippen molar-refractivity contribution >= 4 is 12.3 Å². The molecule has 3 rings (SSSR count). The van der Waals surface area contributed by atoms with Crippen LogP contribution in [0.1, 0.15) is 41.6 Å². The number of fused-ring (bicyclic) bond motifs is 2. The number of nitrogens with zero attached hydrogens (tertiary/aromatic N) is 1. The second-order valence-corrected chi connectivity index (χ2v) is 5.29. The Morgan fingerprint density at radius 1 is 1.17 bits per heavy atom. The molecule has 2 aliphatic rings. The number of hydrogen-bond acceptors (Lipinski definition) is 2. The molecule has 1 aromatic rings. The van der Waals surface area contributed by atoms with Gasteiger partial charge < -0.3 is 0 Å².